The van der Waals surface area contributed by atoms with Gasteiger partial charge in [-0.25, -0.2) is 4.39 Å². The molecule has 0 amide bonds. The number of rotatable bonds is 5. The van der Waals surface area contributed by atoms with Crippen molar-refractivity contribution in [3.05, 3.63) is 108 Å². The Morgan fingerprint density at radius 3 is 2.29 bits per heavy atom. The predicted octanol–water partition coefficient (Wildman–Crippen LogP) is 8.01. The Balaban J connectivity index is 1.56. The van der Waals surface area contributed by atoms with Gasteiger partial charge in [0.05, 0.1) is 10.0 Å². The second-order valence-corrected chi connectivity index (χ2v) is 10.0. The Labute approximate surface area is 224 Å². The first-order chi connectivity index (χ1) is 16.9. The Morgan fingerprint density at radius 1 is 0.886 bits per heavy atom. The van der Waals surface area contributed by atoms with E-state index >= 15 is 0 Å². The standard InChI is InChI=1S/C24H13Cl4FN4OS/c25-14-3-1-13(2-4-14)9-21-23(17-10-20(29)19(28)11-18(17)27)32-33-22(30-31-24(33)35-21)12-34-16-7-5-15(26)6-8-16/h1-11H,12H2/b21-9-. The molecule has 0 atom stereocenters. The van der Waals surface area contributed by atoms with Crippen molar-refractivity contribution < 1.29 is 9.13 Å². The fraction of sp³-hybridized carbons (Fsp3) is 0.0417. The number of thioether (sulfide) groups is 1. The molecule has 3 aromatic carbocycles. The van der Waals surface area contributed by atoms with Gasteiger partial charge in [0.25, 0.3) is 0 Å². The van der Waals surface area contributed by atoms with Gasteiger partial charge in [-0.3, -0.25) is 0 Å². The maximum absolute atomic E-state index is 14.4. The van der Waals surface area contributed by atoms with E-state index in [-0.39, 0.29) is 16.7 Å². The van der Waals surface area contributed by atoms with Crippen LogP contribution in [0.5, 0.6) is 5.75 Å². The monoisotopic (exact) mass is 564 g/mol. The van der Waals surface area contributed by atoms with Crippen molar-refractivity contribution in [3.63, 3.8) is 0 Å². The fourth-order valence-electron chi connectivity index (χ4n) is 3.22. The molecular formula is C24H13Cl4FN4OS. The minimum absolute atomic E-state index is 0.0758. The molecule has 35 heavy (non-hydrogen) atoms. The molecule has 0 fully saturated rings. The van der Waals surface area contributed by atoms with Gasteiger partial charge in [0.1, 0.15) is 23.9 Å². The van der Waals surface area contributed by atoms with Gasteiger partial charge in [0, 0.05) is 20.5 Å². The molecular weight excluding hydrogens is 553 g/mol. The number of ether oxygens (including phenoxy) is 1. The van der Waals surface area contributed by atoms with Crippen LogP contribution in [0.4, 0.5) is 4.39 Å². The van der Waals surface area contributed by atoms with Crippen LogP contribution in [0, 0.1) is 5.82 Å². The minimum atomic E-state index is -0.606. The topological polar surface area (TPSA) is 52.3 Å². The molecule has 1 aliphatic rings. The summed E-state index contributed by atoms with van der Waals surface area (Å²) in [5.74, 6) is 0.465. The molecule has 0 spiro atoms. The maximum atomic E-state index is 14.4. The first-order valence-electron chi connectivity index (χ1n) is 10.1. The summed E-state index contributed by atoms with van der Waals surface area (Å²) in [4.78, 5) is 0.695. The Morgan fingerprint density at radius 2 is 1.57 bits per heavy atom. The van der Waals surface area contributed by atoms with Crippen molar-refractivity contribution in [3.8, 4) is 5.75 Å². The van der Waals surface area contributed by atoms with Crippen LogP contribution in [-0.4, -0.2) is 20.6 Å². The van der Waals surface area contributed by atoms with Crippen LogP contribution in [0.15, 0.2) is 75.8 Å². The largest absolute Gasteiger partial charge is 0.486 e. The van der Waals surface area contributed by atoms with Gasteiger partial charge in [0.15, 0.2) is 5.82 Å². The first kappa shape index (κ1) is 24.2. The summed E-state index contributed by atoms with van der Waals surface area (Å²) in [5, 5.41) is 15.1. The molecule has 0 unspecified atom stereocenters. The molecule has 0 saturated heterocycles. The lowest BCUT2D eigenvalue weighted by Gasteiger charge is -2.18. The van der Waals surface area contributed by atoms with Crippen molar-refractivity contribution in [2.75, 3.05) is 0 Å². The Bertz CT molecular complexity index is 1470. The normalized spacial score (nSPS) is 14.1. The van der Waals surface area contributed by atoms with E-state index in [9.17, 15) is 4.39 Å². The van der Waals surface area contributed by atoms with E-state index in [1.54, 1.807) is 41.1 Å². The molecule has 0 radical (unpaired) electrons. The van der Waals surface area contributed by atoms with Gasteiger partial charge in [-0.15, -0.1) is 10.2 Å². The lowest BCUT2D eigenvalue weighted by molar-refractivity contribution is 0.290. The van der Waals surface area contributed by atoms with E-state index in [4.69, 9.17) is 56.2 Å². The highest BCUT2D eigenvalue weighted by atomic mass is 35.5. The molecule has 0 aliphatic carbocycles. The van der Waals surface area contributed by atoms with Crippen molar-refractivity contribution >= 4 is 70.0 Å². The Hall–Kier alpha value is -2.55. The number of nitrogens with zero attached hydrogens (tertiary/aromatic N) is 4. The summed E-state index contributed by atoms with van der Waals surface area (Å²) < 4.78 is 21.8. The molecule has 1 aromatic heterocycles. The molecule has 5 rings (SSSR count). The smallest absolute Gasteiger partial charge is 0.217 e. The molecule has 0 saturated carbocycles. The van der Waals surface area contributed by atoms with Gasteiger partial charge in [-0.2, -0.15) is 9.78 Å². The van der Waals surface area contributed by atoms with Crippen LogP contribution < -0.4 is 4.74 Å². The van der Waals surface area contributed by atoms with Crippen LogP contribution in [0.3, 0.4) is 0 Å². The van der Waals surface area contributed by atoms with Crippen molar-refractivity contribution in [2.45, 2.75) is 11.8 Å². The molecule has 176 valence electrons. The second-order valence-electron chi connectivity index (χ2n) is 7.31. The third-order valence-corrected chi connectivity index (χ3v) is 7.00. The van der Waals surface area contributed by atoms with Crippen LogP contribution in [0.2, 0.25) is 20.1 Å². The number of halogens is 5. The molecule has 11 heteroatoms. The summed E-state index contributed by atoms with van der Waals surface area (Å²) in [7, 11) is 0. The number of benzene rings is 3. The number of hydrogen-bond acceptors (Lipinski definition) is 5. The third-order valence-electron chi connectivity index (χ3n) is 4.93. The van der Waals surface area contributed by atoms with Crippen LogP contribution in [-0.2, 0) is 6.61 Å². The lowest BCUT2D eigenvalue weighted by atomic mass is 10.1. The SMILES string of the molecule is Fc1cc(C2=Nn3c(COc4ccc(Cl)cc4)nnc3S/C2=C\c2ccc(Cl)cc2)c(Cl)cc1Cl. The summed E-state index contributed by atoms with van der Waals surface area (Å²) >= 11 is 25.7. The molecule has 5 nitrogen and oxygen atoms in total. The fourth-order valence-corrected chi connectivity index (χ4v) is 4.90. The van der Waals surface area contributed by atoms with E-state index in [1.165, 1.54) is 23.9 Å². The van der Waals surface area contributed by atoms with Crippen molar-refractivity contribution in [1.82, 2.24) is 14.9 Å². The minimum Gasteiger partial charge on any atom is -0.486 e. The zero-order valence-electron chi connectivity index (χ0n) is 17.6. The number of fused-ring (bicyclic) bond motifs is 1. The number of hydrogen-bond donors (Lipinski definition) is 0. The van der Waals surface area contributed by atoms with Crippen molar-refractivity contribution in [1.29, 1.82) is 0 Å². The molecule has 0 bridgehead atoms. The number of allylic oxidation sites excluding steroid dienone is 1. The Kier molecular flexibility index (Phi) is 7.05. The van der Waals surface area contributed by atoms with Gasteiger partial charge in [-0.1, -0.05) is 58.5 Å². The van der Waals surface area contributed by atoms with E-state index in [0.29, 0.717) is 43.0 Å². The first-order valence-corrected chi connectivity index (χ1v) is 12.4. The third kappa shape index (κ3) is 5.34. The van der Waals surface area contributed by atoms with Crippen LogP contribution in [0.1, 0.15) is 17.0 Å². The van der Waals surface area contributed by atoms with Gasteiger partial charge < -0.3 is 4.74 Å². The highest BCUT2D eigenvalue weighted by Gasteiger charge is 2.26. The van der Waals surface area contributed by atoms with E-state index in [1.807, 2.05) is 18.2 Å². The van der Waals surface area contributed by atoms with E-state index < -0.39 is 5.82 Å². The lowest BCUT2D eigenvalue weighted by Crippen LogP contribution is -2.15. The van der Waals surface area contributed by atoms with Gasteiger partial charge >= 0.3 is 0 Å². The molecule has 0 N–H and O–H groups in total. The maximum Gasteiger partial charge on any atom is 0.217 e. The van der Waals surface area contributed by atoms with Crippen LogP contribution >= 0.6 is 58.2 Å². The molecule has 4 aromatic rings. The van der Waals surface area contributed by atoms with Gasteiger partial charge in [0.2, 0.25) is 5.16 Å². The molecule has 2 heterocycles. The highest BCUT2D eigenvalue weighted by molar-refractivity contribution is 8.04. The van der Waals surface area contributed by atoms with Gasteiger partial charge in [-0.05, 0) is 71.9 Å². The average Bonchev–Trinajstić information content (AvgIpc) is 3.24. The quantitative estimate of drug-likeness (QED) is 0.230. The number of aromatic nitrogens is 3. The van der Waals surface area contributed by atoms with E-state index in [2.05, 4.69) is 10.2 Å². The van der Waals surface area contributed by atoms with E-state index in [0.717, 1.165) is 5.56 Å². The zero-order valence-corrected chi connectivity index (χ0v) is 21.4. The summed E-state index contributed by atoms with van der Waals surface area (Å²) in [6.07, 6.45) is 1.89. The summed E-state index contributed by atoms with van der Waals surface area (Å²) in [6, 6.07) is 16.9. The highest BCUT2D eigenvalue weighted by Crippen LogP contribution is 2.37. The molecule has 1 aliphatic heterocycles. The zero-order chi connectivity index (χ0) is 24.5. The van der Waals surface area contributed by atoms with Crippen LogP contribution in [0.25, 0.3) is 6.08 Å². The second kappa shape index (κ2) is 10.2. The summed E-state index contributed by atoms with van der Waals surface area (Å²) in [6.45, 7) is 0.102. The average molecular weight is 566 g/mol. The predicted molar refractivity (Wildman–Crippen MR) is 139 cm³/mol. The summed E-state index contributed by atoms with van der Waals surface area (Å²) in [5.41, 5.74) is 1.69. The van der Waals surface area contributed by atoms with Crippen molar-refractivity contribution in [2.24, 2.45) is 5.10 Å².